The van der Waals surface area contributed by atoms with Crippen LogP contribution in [0.2, 0.25) is 0 Å². The maximum Gasteiger partial charge on any atom is 0.407 e. The second-order valence-corrected chi connectivity index (χ2v) is 7.06. The van der Waals surface area contributed by atoms with Crippen molar-refractivity contribution in [2.75, 3.05) is 45.8 Å². The van der Waals surface area contributed by atoms with Crippen LogP contribution in [0.1, 0.15) is 39.0 Å². The molecule has 0 radical (unpaired) electrons. The standard InChI is InChI=1S/C17H32N2O5S/c1-3-16(20)18-8-9-22-10-11-23-12-13-24-17(21)19-14-4-6-15(25-2)7-5-14/h14-15H,3-13H2,1-2H3,(H,18,20)(H,19,21). The van der Waals surface area contributed by atoms with Crippen LogP contribution in [0.25, 0.3) is 0 Å². The van der Waals surface area contributed by atoms with Gasteiger partial charge in [0, 0.05) is 24.3 Å². The van der Waals surface area contributed by atoms with Crippen molar-refractivity contribution in [1.82, 2.24) is 10.6 Å². The van der Waals surface area contributed by atoms with Crippen LogP contribution in [0.5, 0.6) is 0 Å². The number of carbonyl (C=O) groups excluding carboxylic acids is 2. The number of amides is 2. The summed E-state index contributed by atoms with van der Waals surface area (Å²) in [5.74, 6) is 0.0209. The van der Waals surface area contributed by atoms with Gasteiger partial charge in [-0.2, -0.15) is 11.8 Å². The van der Waals surface area contributed by atoms with E-state index in [-0.39, 0.29) is 24.6 Å². The summed E-state index contributed by atoms with van der Waals surface area (Å²) in [6.07, 6.45) is 6.60. The molecule has 25 heavy (non-hydrogen) atoms. The molecule has 2 amide bonds. The molecule has 0 spiro atoms. The third-order valence-corrected chi connectivity index (χ3v) is 5.19. The molecule has 0 aromatic rings. The molecule has 0 bridgehead atoms. The van der Waals surface area contributed by atoms with Crippen LogP contribution >= 0.6 is 11.8 Å². The average molecular weight is 377 g/mol. The minimum atomic E-state index is -0.362. The highest BCUT2D eigenvalue weighted by Gasteiger charge is 2.21. The second-order valence-electron chi connectivity index (χ2n) is 5.92. The molecule has 1 saturated carbocycles. The lowest BCUT2D eigenvalue weighted by atomic mass is 9.95. The third-order valence-electron chi connectivity index (χ3n) is 4.05. The predicted octanol–water partition coefficient (Wildman–Crippen LogP) is 1.95. The van der Waals surface area contributed by atoms with Gasteiger partial charge in [-0.15, -0.1) is 0 Å². The molecule has 0 unspecified atom stereocenters. The summed E-state index contributed by atoms with van der Waals surface area (Å²) < 4.78 is 15.8. The van der Waals surface area contributed by atoms with Crippen LogP contribution in [-0.2, 0) is 19.0 Å². The normalized spacial score (nSPS) is 20.1. The van der Waals surface area contributed by atoms with Crippen LogP contribution in [0.3, 0.4) is 0 Å². The summed E-state index contributed by atoms with van der Waals surface area (Å²) in [5.41, 5.74) is 0. The number of carbonyl (C=O) groups is 2. The van der Waals surface area contributed by atoms with E-state index in [9.17, 15) is 9.59 Å². The van der Waals surface area contributed by atoms with E-state index in [1.165, 1.54) is 0 Å². The zero-order valence-corrected chi connectivity index (χ0v) is 16.2. The van der Waals surface area contributed by atoms with Crippen molar-refractivity contribution in [2.24, 2.45) is 0 Å². The Kier molecular flexibility index (Phi) is 12.5. The average Bonchev–Trinajstić information content (AvgIpc) is 2.63. The molecule has 1 aliphatic rings. The molecular weight excluding hydrogens is 344 g/mol. The van der Waals surface area contributed by atoms with Crippen molar-refractivity contribution >= 4 is 23.8 Å². The van der Waals surface area contributed by atoms with E-state index in [4.69, 9.17) is 14.2 Å². The Morgan fingerprint density at radius 2 is 1.64 bits per heavy atom. The molecule has 0 aromatic carbocycles. The highest BCUT2D eigenvalue weighted by atomic mass is 32.2. The van der Waals surface area contributed by atoms with Gasteiger partial charge in [0.25, 0.3) is 0 Å². The van der Waals surface area contributed by atoms with Crippen molar-refractivity contribution in [3.63, 3.8) is 0 Å². The van der Waals surface area contributed by atoms with Gasteiger partial charge in [-0.1, -0.05) is 6.92 Å². The Morgan fingerprint density at radius 1 is 1.00 bits per heavy atom. The van der Waals surface area contributed by atoms with Crippen molar-refractivity contribution in [2.45, 2.75) is 50.3 Å². The van der Waals surface area contributed by atoms with Crippen molar-refractivity contribution in [1.29, 1.82) is 0 Å². The predicted molar refractivity (Wildman–Crippen MR) is 99.0 cm³/mol. The molecule has 146 valence electrons. The first-order valence-corrected chi connectivity index (χ1v) is 10.3. The lowest BCUT2D eigenvalue weighted by Gasteiger charge is -2.27. The van der Waals surface area contributed by atoms with Gasteiger partial charge >= 0.3 is 6.09 Å². The van der Waals surface area contributed by atoms with Gasteiger partial charge in [0.05, 0.1) is 26.4 Å². The van der Waals surface area contributed by atoms with Gasteiger partial charge in [0.2, 0.25) is 5.91 Å². The van der Waals surface area contributed by atoms with Gasteiger partial charge in [0.15, 0.2) is 0 Å². The van der Waals surface area contributed by atoms with E-state index in [2.05, 4.69) is 16.9 Å². The van der Waals surface area contributed by atoms with Crippen LogP contribution in [0.15, 0.2) is 0 Å². The second kappa shape index (κ2) is 14.2. The van der Waals surface area contributed by atoms with Gasteiger partial charge in [-0.25, -0.2) is 4.79 Å². The molecule has 2 N–H and O–H groups in total. The fraction of sp³-hybridized carbons (Fsp3) is 0.882. The molecule has 1 fully saturated rings. The number of thioether (sulfide) groups is 1. The quantitative estimate of drug-likeness (QED) is 0.506. The van der Waals surface area contributed by atoms with Gasteiger partial charge < -0.3 is 24.8 Å². The maximum atomic E-state index is 11.7. The van der Waals surface area contributed by atoms with E-state index in [0.29, 0.717) is 39.4 Å². The van der Waals surface area contributed by atoms with E-state index in [1.807, 2.05) is 18.7 Å². The largest absolute Gasteiger partial charge is 0.447 e. The van der Waals surface area contributed by atoms with E-state index in [0.717, 1.165) is 30.9 Å². The lowest BCUT2D eigenvalue weighted by Crippen LogP contribution is -2.38. The molecule has 1 aliphatic carbocycles. The zero-order chi connectivity index (χ0) is 18.3. The highest BCUT2D eigenvalue weighted by molar-refractivity contribution is 7.99. The highest BCUT2D eigenvalue weighted by Crippen LogP contribution is 2.26. The fourth-order valence-corrected chi connectivity index (χ4v) is 3.30. The van der Waals surface area contributed by atoms with Crippen molar-refractivity contribution < 1.29 is 23.8 Å². The van der Waals surface area contributed by atoms with E-state index < -0.39 is 0 Å². The Bertz CT molecular complexity index is 376. The smallest absolute Gasteiger partial charge is 0.407 e. The molecule has 7 nitrogen and oxygen atoms in total. The molecular formula is C17H32N2O5S. The van der Waals surface area contributed by atoms with Gasteiger partial charge in [-0.05, 0) is 31.9 Å². The number of hydrogen-bond donors (Lipinski definition) is 2. The van der Waals surface area contributed by atoms with Gasteiger partial charge in [-0.3, -0.25) is 4.79 Å². The molecule has 0 aromatic heterocycles. The number of rotatable bonds is 12. The van der Waals surface area contributed by atoms with E-state index >= 15 is 0 Å². The monoisotopic (exact) mass is 376 g/mol. The van der Waals surface area contributed by atoms with Crippen LogP contribution in [-0.4, -0.2) is 69.1 Å². The van der Waals surface area contributed by atoms with Crippen LogP contribution < -0.4 is 10.6 Å². The van der Waals surface area contributed by atoms with Crippen LogP contribution in [0, 0.1) is 0 Å². The molecule has 0 saturated heterocycles. The summed E-state index contributed by atoms with van der Waals surface area (Å²) in [5, 5.41) is 6.37. The topological polar surface area (TPSA) is 85.9 Å². The minimum absolute atomic E-state index is 0.0209. The number of nitrogens with one attached hydrogen (secondary N) is 2. The maximum absolute atomic E-state index is 11.7. The first-order valence-electron chi connectivity index (χ1n) is 9.04. The molecule has 0 heterocycles. The first-order chi connectivity index (χ1) is 12.2. The zero-order valence-electron chi connectivity index (χ0n) is 15.4. The summed E-state index contributed by atoms with van der Waals surface area (Å²) in [7, 11) is 0. The first kappa shape index (κ1) is 22.1. The number of alkyl carbamates (subject to hydrolysis) is 1. The minimum Gasteiger partial charge on any atom is -0.447 e. The Morgan fingerprint density at radius 3 is 2.28 bits per heavy atom. The third kappa shape index (κ3) is 11.3. The SMILES string of the molecule is CCC(=O)NCCOCCOCCOC(=O)NC1CCC(SC)CC1. The van der Waals surface area contributed by atoms with Crippen molar-refractivity contribution in [3.8, 4) is 0 Å². The van der Waals surface area contributed by atoms with E-state index in [1.54, 1.807) is 0 Å². The summed E-state index contributed by atoms with van der Waals surface area (Å²) in [6, 6.07) is 0.235. The summed E-state index contributed by atoms with van der Waals surface area (Å²) in [6.45, 7) is 4.25. The molecule has 1 rings (SSSR count). The number of hydrogen-bond acceptors (Lipinski definition) is 6. The number of ether oxygens (including phenoxy) is 3. The van der Waals surface area contributed by atoms with Gasteiger partial charge in [0.1, 0.15) is 6.61 Å². The Labute approximate surface area is 154 Å². The van der Waals surface area contributed by atoms with Crippen LogP contribution in [0.4, 0.5) is 4.79 Å². The molecule has 0 atom stereocenters. The summed E-state index contributed by atoms with van der Waals surface area (Å²) >= 11 is 1.91. The fourth-order valence-electron chi connectivity index (χ4n) is 2.55. The Balaban J connectivity index is 1.86. The Hall–Kier alpha value is -0.990. The van der Waals surface area contributed by atoms with Crippen molar-refractivity contribution in [3.05, 3.63) is 0 Å². The molecule has 8 heteroatoms. The molecule has 0 aliphatic heterocycles. The summed E-state index contributed by atoms with van der Waals surface area (Å²) in [4.78, 5) is 22.7. The lowest BCUT2D eigenvalue weighted by molar-refractivity contribution is -0.121.